The fraction of sp³-hybridized carbons (Fsp3) is 0.211. The molecule has 0 saturated carbocycles. The number of benzene rings is 2. The molecule has 0 unspecified atom stereocenters. The average Bonchev–Trinajstić information content (AvgIpc) is 2.98. The highest BCUT2D eigenvalue weighted by molar-refractivity contribution is 6.07. The van der Waals surface area contributed by atoms with Gasteiger partial charge in [-0.25, -0.2) is 0 Å². The highest BCUT2D eigenvalue weighted by Gasteiger charge is 2.20. The molecule has 0 aliphatic carbocycles. The van der Waals surface area contributed by atoms with Crippen LogP contribution in [0.25, 0.3) is 11.0 Å². The monoisotopic (exact) mass is 354 g/mol. The number of non-ortho nitro benzene ring substituents is 1. The van der Waals surface area contributed by atoms with E-state index in [2.05, 4.69) is 12.2 Å². The Balaban J connectivity index is 1.94. The Morgan fingerprint density at radius 1 is 1.27 bits per heavy atom. The number of fused-ring (bicyclic) bond motifs is 1. The van der Waals surface area contributed by atoms with Crippen LogP contribution in [0.15, 0.2) is 40.8 Å². The largest absolute Gasteiger partial charge is 0.494 e. The number of nitrogens with one attached hydrogen (secondary N) is 1. The molecule has 0 aliphatic heterocycles. The molecular formula is C19H18N2O5. The molecule has 0 saturated heterocycles. The fourth-order valence-electron chi connectivity index (χ4n) is 2.78. The summed E-state index contributed by atoms with van der Waals surface area (Å²) < 4.78 is 10.8. The van der Waals surface area contributed by atoms with Crippen molar-refractivity contribution in [2.75, 3.05) is 12.4 Å². The number of nitrogens with zero attached hydrogens (tertiary/aromatic N) is 1. The highest BCUT2D eigenvalue weighted by Crippen LogP contribution is 2.31. The summed E-state index contributed by atoms with van der Waals surface area (Å²) >= 11 is 0. The van der Waals surface area contributed by atoms with Gasteiger partial charge in [-0.3, -0.25) is 14.9 Å². The van der Waals surface area contributed by atoms with Gasteiger partial charge in [0.15, 0.2) is 5.76 Å². The van der Waals surface area contributed by atoms with Crippen molar-refractivity contribution in [1.82, 2.24) is 0 Å². The summed E-state index contributed by atoms with van der Waals surface area (Å²) in [5.74, 6) is -0.0351. The number of carbonyl (C=O) groups is 1. The van der Waals surface area contributed by atoms with E-state index in [9.17, 15) is 14.9 Å². The zero-order chi connectivity index (χ0) is 18.8. The molecule has 3 rings (SSSR count). The number of rotatable bonds is 5. The highest BCUT2D eigenvalue weighted by atomic mass is 16.6. The van der Waals surface area contributed by atoms with Gasteiger partial charge in [-0.2, -0.15) is 0 Å². The van der Waals surface area contributed by atoms with Gasteiger partial charge in [-0.1, -0.05) is 13.0 Å². The van der Waals surface area contributed by atoms with E-state index in [1.807, 2.05) is 25.1 Å². The number of ether oxygens (including phenoxy) is 1. The van der Waals surface area contributed by atoms with Crippen molar-refractivity contribution in [3.63, 3.8) is 0 Å². The first-order valence-electron chi connectivity index (χ1n) is 8.10. The molecule has 7 nitrogen and oxygen atoms in total. The van der Waals surface area contributed by atoms with Crippen LogP contribution in [0.3, 0.4) is 0 Å². The van der Waals surface area contributed by atoms with Crippen molar-refractivity contribution in [1.29, 1.82) is 0 Å². The van der Waals surface area contributed by atoms with E-state index in [-0.39, 0.29) is 17.2 Å². The summed E-state index contributed by atoms with van der Waals surface area (Å²) in [5, 5.41) is 14.5. The van der Waals surface area contributed by atoms with Gasteiger partial charge in [-0.05, 0) is 37.1 Å². The summed E-state index contributed by atoms with van der Waals surface area (Å²) in [6.07, 6.45) is 0.891. The van der Waals surface area contributed by atoms with E-state index >= 15 is 0 Å². The number of hydrogen-bond acceptors (Lipinski definition) is 5. The Morgan fingerprint density at radius 2 is 2.04 bits per heavy atom. The summed E-state index contributed by atoms with van der Waals surface area (Å²) in [7, 11) is 1.38. The van der Waals surface area contributed by atoms with Gasteiger partial charge in [0.25, 0.3) is 11.6 Å². The number of nitro benzene ring substituents is 1. The molecule has 1 amide bonds. The second-order valence-electron chi connectivity index (χ2n) is 5.84. The molecular weight excluding hydrogens is 336 g/mol. The van der Waals surface area contributed by atoms with Crippen molar-refractivity contribution in [3.05, 3.63) is 63.4 Å². The maximum atomic E-state index is 12.7. The fourth-order valence-corrected chi connectivity index (χ4v) is 2.78. The standard InChI is InChI=1S/C19H18N2O5/c1-4-12-5-8-16-14(9-12)11(2)18(26-16)19(22)20-15-7-6-13(21(23)24)10-17(15)25-3/h5-10H,4H2,1-3H3,(H,20,22). The zero-order valence-electron chi connectivity index (χ0n) is 14.7. The molecule has 2 aromatic carbocycles. The van der Waals surface area contributed by atoms with Crippen molar-refractivity contribution < 1.29 is 18.9 Å². The van der Waals surface area contributed by atoms with Crippen molar-refractivity contribution in [2.24, 2.45) is 0 Å². The van der Waals surface area contributed by atoms with Gasteiger partial charge in [0, 0.05) is 17.0 Å². The third kappa shape index (κ3) is 3.11. The number of carbonyl (C=O) groups excluding carboxylic acids is 1. The minimum atomic E-state index is -0.525. The Bertz CT molecular complexity index is 1010. The second kappa shape index (κ2) is 6.87. The lowest BCUT2D eigenvalue weighted by molar-refractivity contribution is -0.384. The van der Waals surface area contributed by atoms with Gasteiger partial charge in [-0.15, -0.1) is 0 Å². The van der Waals surface area contributed by atoms with Gasteiger partial charge in [0.2, 0.25) is 0 Å². The summed E-state index contributed by atoms with van der Waals surface area (Å²) in [5.41, 5.74) is 2.75. The van der Waals surface area contributed by atoms with Crippen molar-refractivity contribution in [3.8, 4) is 5.75 Å². The Morgan fingerprint density at radius 3 is 2.69 bits per heavy atom. The van der Waals surface area contributed by atoms with E-state index in [4.69, 9.17) is 9.15 Å². The molecule has 26 heavy (non-hydrogen) atoms. The first kappa shape index (κ1) is 17.5. The molecule has 0 spiro atoms. The number of nitro groups is 1. The minimum Gasteiger partial charge on any atom is -0.494 e. The lowest BCUT2D eigenvalue weighted by atomic mass is 10.1. The van der Waals surface area contributed by atoms with E-state index < -0.39 is 10.8 Å². The number of hydrogen-bond donors (Lipinski definition) is 1. The topological polar surface area (TPSA) is 94.6 Å². The van der Waals surface area contributed by atoms with E-state index in [0.29, 0.717) is 11.3 Å². The molecule has 0 radical (unpaired) electrons. The predicted molar refractivity (Wildman–Crippen MR) is 97.9 cm³/mol. The molecule has 3 aromatic rings. The van der Waals surface area contributed by atoms with E-state index in [1.165, 1.54) is 25.3 Å². The van der Waals surface area contributed by atoms with Crippen molar-refractivity contribution in [2.45, 2.75) is 20.3 Å². The van der Waals surface area contributed by atoms with Crippen LogP contribution in [-0.2, 0) is 6.42 Å². The summed E-state index contributed by atoms with van der Waals surface area (Å²) in [4.78, 5) is 23.0. The summed E-state index contributed by atoms with van der Waals surface area (Å²) in [6, 6.07) is 9.82. The zero-order valence-corrected chi connectivity index (χ0v) is 14.7. The number of aryl methyl sites for hydroxylation is 2. The third-order valence-corrected chi connectivity index (χ3v) is 4.26. The van der Waals surface area contributed by atoms with Crippen molar-refractivity contribution >= 4 is 28.3 Å². The molecule has 0 fully saturated rings. The Kier molecular flexibility index (Phi) is 4.62. The first-order valence-corrected chi connectivity index (χ1v) is 8.10. The average molecular weight is 354 g/mol. The lowest BCUT2D eigenvalue weighted by Gasteiger charge is -2.09. The maximum Gasteiger partial charge on any atom is 0.291 e. The number of methoxy groups -OCH3 is 1. The van der Waals surface area contributed by atoms with Crippen LogP contribution in [0.4, 0.5) is 11.4 Å². The maximum absolute atomic E-state index is 12.7. The number of anilines is 1. The molecule has 1 aromatic heterocycles. The van der Waals surface area contributed by atoms with Crippen LogP contribution in [0.2, 0.25) is 0 Å². The Hall–Kier alpha value is -3.35. The van der Waals surface area contributed by atoms with E-state index in [1.54, 1.807) is 0 Å². The van der Waals surface area contributed by atoms with E-state index in [0.717, 1.165) is 22.9 Å². The molecule has 1 N–H and O–H groups in total. The quantitative estimate of drug-likeness (QED) is 0.539. The molecule has 134 valence electrons. The predicted octanol–water partition coefficient (Wildman–Crippen LogP) is 4.47. The molecule has 1 heterocycles. The van der Waals surface area contributed by atoms with Crippen LogP contribution in [-0.4, -0.2) is 17.9 Å². The second-order valence-corrected chi connectivity index (χ2v) is 5.84. The smallest absolute Gasteiger partial charge is 0.291 e. The van der Waals surface area contributed by atoms with Gasteiger partial charge < -0.3 is 14.5 Å². The minimum absolute atomic E-state index is 0.119. The SMILES string of the molecule is CCc1ccc2oc(C(=O)Nc3ccc([N+](=O)[O-])cc3OC)c(C)c2c1. The lowest BCUT2D eigenvalue weighted by Crippen LogP contribution is -2.13. The number of furan rings is 1. The molecule has 0 atom stereocenters. The van der Waals surface area contributed by atoms with Gasteiger partial charge in [0.05, 0.1) is 23.8 Å². The Labute approximate surface area is 149 Å². The first-order chi connectivity index (χ1) is 12.4. The summed E-state index contributed by atoms with van der Waals surface area (Å²) in [6.45, 7) is 3.89. The van der Waals surface area contributed by atoms with Crippen LogP contribution in [0, 0.1) is 17.0 Å². The van der Waals surface area contributed by atoms with Crippen LogP contribution >= 0.6 is 0 Å². The van der Waals surface area contributed by atoms with Crippen LogP contribution < -0.4 is 10.1 Å². The van der Waals surface area contributed by atoms with Crippen LogP contribution in [0.1, 0.15) is 28.6 Å². The van der Waals surface area contributed by atoms with Gasteiger partial charge in [0.1, 0.15) is 11.3 Å². The normalized spacial score (nSPS) is 10.7. The molecule has 0 bridgehead atoms. The molecule has 0 aliphatic rings. The van der Waals surface area contributed by atoms with Gasteiger partial charge >= 0.3 is 0 Å². The third-order valence-electron chi connectivity index (χ3n) is 4.26. The number of amides is 1. The molecule has 7 heteroatoms. The van der Waals surface area contributed by atoms with Crippen LogP contribution in [0.5, 0.6) is 5.75 Å².